The van der Waals surface area contributed by atoms with Gasteiger partial charge in [-0.1, -0.05) is 24.3 Å². The van der Waals surface area contributed by atoms with Gasteiger partial charge in [0, 0.05) is 22.2 Å². The molecule has 1 heterocycles. The van der Waals surface area contributed by atoms with Crippen LogP contribution in [0.5, 0.6) is 11.5 Å². The maximum Gasteiger partial charge on any atom is 0.425 e. The third-order valence-electron chi connectivity index (χ3n) is 10.9. The molecule has 0 atom stereocenters. The van der Waals surface area contributed by atoms with Crippen LogP contribution in [0.1, 0.15) is 11.1 Å². The molecule has 8 aromatic carbocycles. The highest BCUT2D eigenvalue weighted by Gasteiger charge is 2.23. The Morgan fingerprint density at radius 3 is 1.62 bits per heavy atom. The Labute approximate surface area is 431 Å². The average molecular weight is 1110 g/mol. The second-order valence-electron chi connectivity index (χ2n) is 16.0. The molecule has 4 N–H and O–H groups in total. The maximum atomic E-state index is 12.2. The van der Waals surface area contributed by atoms with Crippen molar-refractivity contribution in [3.8, 4) is 17.2 Å². The fourth-order valence-electron chi connectivity index (χ4n) is 7.37. The summed E-state index contributed by atoms with van der Waals surface area (Å²) in [6, 6.07) is 33.6. The van der Waals surface area contributed by atoms with Gasteiger partial charge in [-0.05, 0) is 133 Å². The molecule has 0 saturated heterocycles. The zero-order chi connectivity index (χ0) is 54.7. The van der Waals surface area contributed by atoms with Gasteiger partial charge in [-0.2, -0.15) is 55.6 Å². The standard InChI is InChI=1S/C47H35N11O11S3.O3S/c1-26-20-29(9-16-37(26)51-52-38-17-10-30(21-27(38)2)50-54-40-6-4-5-7-44(40)71(63,64)65)48-49-31-11-18-39(43(23-31)69-3)53-55-42-15-8-28-22-32(12-13-34(28)47(42)59)58-56-41-19-14-35-36(46(41)57-58)24-33(70(60,61)62)25-45(35)72(66,67)68;1-4(2)3/h4-25,59H,1-3H3,(H,60,61,62)(H,63,64,65)(H,66,67,68);. The molecule has 0 radical (unpaired) electrons. The Morgan fingerprint density at radius 1 is 0.500 bits per heavy atom. The third-order valence-corrected chi connectivity index (χ3v) is 13.6. The first-order valence-corrected chi connectivity index (χ1v) is 26.7. The number of phenolic OH excluding ortho intramolecular Hbond substituents is 1. The number of azo groups is 4. The van der Waals surface area contributed by atoms with E-state index >= 15 is 0 Å². The Balaban J connectivity index is 0.00000185. The van der Waals surface area contributed by atoms with Gasteiger partial charge in [0.25, 0.3) is 30.4 Å². The van der Waals surface area contributed by atoms with Crippen molar-refractivity contribution in [1.82, 2.24) is 15.0 Å². The van der Waals surface area contributed by atoms with E-state index in [4.69, 9.17) is 17.4 Å². The summed E-state index contributed by atoms with van der Waals surface area (Å²) in [7, 11) is -15.9. The first-order valence-electron chi connectivity index (χ1n) is 21.4. The van der Waals surface area contributed by atoms with Crippen LogP contribution in [0.3, 0.4) is 0 Å². The van der Waals surface area contributed by atoms with Gasteiger partial charge in [0.05, 0.1) is 46.1 Å². The number of ether oxygens (including phenoxy) is 1. The van der Waals surface area contributed by atoms with Crippen LogP contribution in [0.15, 0.2) is 189 Å². The molecule has 0 aliphatic heterocycles. The van der Waals surface area contributed by atoms with Crippen molar-refractivity contribution < 1.29 is 61.4 Å². The highest BCUT2D eigenvalue weighted by molar-refractivity contribution is 7.87. The van der Waals surface area contributed by atoms with E-state index in [-0.39, 0.29) is 43.8 Å². The van der Waals surface area contributed by atoms with Crippen molar-refractivity contribution >= 4 is 119 Å². The second-order valence-corrected chi connectivity index (χ2v) is 20.6. The molecule has 0 amide bonds. The quantitative estimate of drug-likeness (QED) is 0.0615. The Morgan fingerprint density at radius 2 is 1.03 bits per heavy atom. The molecule has 29 heteroatoms. The van der Waals surface area contributed by atoms with Crippen molar-refractivity contribution in [2.24, 2.45) is 40.9 Å². The molecule has 76 heavy (non-hydrogen) atoms. The van der Waals surface area contributed by atoms with Gasteiger partial charge < -0.3 is 9.84 Å². The van der Waals surface area contributed by atoms with Crippen molar-refractivity contribution in [1.29, 1.82) is 0 Å². The monoisotopic (exact) mass is 1110 g/mol. The Kier molecular flexibility index (Phi) is 15.1. The summed E-state index contributed by atoms with van der Waals surface area (Å²) in [6.07, 6.45) is 0. The Bertz CT molecular complexity index is 4430. The molecule has 0 fully saturated rings. The lowest BCUT2D eigenvalue weighted by Crippen LogP contribution is -2.04. The van der Waals surface area contributed by atoms with Crippen LogP contribution in [0.4, 0.5) is 45.5 Å². The van der Waals surface area contributed by atoms with Crippen molar-refractivity contribution in [2.45, 2.75) is 28.5 Å². The van der Waals surface area contributed by atoms with Gasteiger partial charge in [0.1, 0.15) is 43.6 Å². The zero-order valence-electron chi connectivity index (χ0n) is 39.1. The first-order chi connectivity index (χ1) is 36.0. The first kappa shape index (κ1) is 53.3. The molecule has 0 bridgehead atoms. The molecular weight excluding hydrogens is 1070 g/mol. The number of aromatic hydroxyl groups is 1. The van der Waals surface area contributed by atoms with Crippen LogP contribution in [0.25, 0.3) is 38.3 Å². The predicted molar refractivity (Wildman–Crippen MR) is 273 cm³/mol. The highest BCUT2D eigenvalue weighted by atomic mass is 32.2. The summed E-state index contributed by atoms with van der Waals surface area (Å²) < 4.78 is 132. The minimum atomic E-state index is -4.91. The third kappa shape index (κ3) is 12.2. The molecule has 9 rings (SSSR count). The van der Waals surface area contributed by atoms with Crippen molar-refractivity contribution in [2.75, 3.05) is 7.11 Å². The van der Waals surface area contributed by atoms with E-state index in [1.807, 2.05) is 13.8 Å². The molecule has 386 valence electrons. The molecule has 1 aromatic heterocycles. The van der Waals surface area contributed by atoms with Crippen LogP contribution in [-0.4, -0.2) is 78.7 Å². The van der Waals surface area contributed by atoms with Crippen LogP contribution >= 0.6 is 0 Å². The fraction of sp³-hybridized carbons (Fsp3) is 0.0638. The predicted octanol–water partition coefficient (Wildman–Crippen LogP) is 11.5. The lowest BCUT2D eigenvalue weighted by Gasteiger charge is -2.07. The number of phenols is 1. The lowest BCUT2D eigenvalue weighted by atomic mass is 10.1. The molecule has 0 unspecified atom stereocenters. The van der Waals surface area contributed by atoms with E-state index in [9.17, 15) is 44.0 Å². The number of nitrogens with zero attached hydrogens (tertiary/aromatic N) is 11. The van der Waals surface area contributed by atoms with Crippen LogP contribution < -0.4 is 4.74 Å². The highest BCUT2D eigenvalue weighted by Crippen LogP contribution is 2.40. The molecule has 0 aliphatic carbocycles. The van der Waals surface area contributed by atoms with E-state index in [1.54, 1.807) is 91.0 Å². The maximum absolute atomic E-state index is 12.2. The molecule has 9 aromatic rings. The van der Waals surface area contributed by atoms with Crippen LogP contribution in [0, 0.1) is 13.8 Å². The molecular formula is C47H35N11O14S4. The van der Waals surface area contributed by atoms with E-state index in [2.05, 4.69) is 51.1 Å². The van der Waals surface area contributed by atoms with Crippen molar-refractivity contribution in [3.63, 3.8) is 0 Å². The number of hydrogen-bond acceptors (Lipinski definition) is 21. The van der Waals surface area contributed by atoms with Gasteiger partial charge in [-0.3, -0.25) is 13.7 Å². The number of aryl methyl sites for hydroxylation is 2. The number of hydrogen-bond donors (Lipinski definition) is 4. The smallest absolute Gasteiger partial charge is 0.425 e. The summed E-state index contributed by atoms with van der Waals surface area (Å²) in [5.74, 6) is 0.154. The van der Waals surface area contributed by atoms with Gasteiger partial charge in [0.15, 0.2) is 5.75 Å². The molecule has 0 spiro atoms. The molecule has 25 nitrogen and oxygen atoms in total. The van der Waals surface area contributed by atoms with Gasteiger partial charge in [-0.15, -0.1) is 38.2 Å². The number of fused-ring (bicyclic) bond motifs is 4. The number of benzene rings is 8. The number of methoxy groups -OCH3 is 1. The topological polar surface area (TPSA) is 373 Å². The van der Waals surface area contributed by atoms with E-state index in [1.165, 1.54) is 42.2 Å². The largest absolute Gasteiger partial charge is 0.505 e. The van der Waals surface area contributed by atoms with Gasteiger partial charge in [0.2, 0.25) is 0 Å². The molecule has 0 saturated carbocycles. The minimum absolute atomic E-state index is 0.00143. The van der Waals surface area contributed by atoms with E-state index in [0.717, 1.165) is 17.2 Å². The summed E-state index contributed by atoms with van der Waals surface area (Å²) in [5.41, 5.74) is 5.36. The van der Waals surface area contributed by atoms with Crippen LogP contribution in [0.2, 0.25) is 0 Å². The summed E-state index contributed by atoms with van der Waals surface area (Å²) in [5, 5.41) is 55.3. The number of rotatable bonds is 13. The van der Waals surface area contributed by atoms with Crippen molar-refractivity contribution in [3.05, 3.63) is 145 Å². The average Bonchev–Trinajstić information content (AvgIpc) is 3.83. The summed E-state index contributed by atoms with van der Waals surface area (Å²) in [6.45, 7) is 3.67. The molecule has 0 aliphatic rings. The second kappa shape index (κ2) is 21.5. The SMILES string of the molecule is COc1cc(N=Nc2ccc(N=Nc3ccc(N=Nc4ccccc4S(=O)(=O)O)cc3C)c(C)c2)ccc1N=Nc1ccc2cc(-n3nc4ccc5c(S(=O)(=O)O)cc(S(=O)(=O)O)cc5c4n3)ccc2c1O.O=S(=O)=O. The summed E-state index contributed by atoms with van der Waals surface area (Å²) >= 11 is 0. The van der Waals surface area contributed by atoms with Crippen LogP contribution in [-0.2, 0) is 41.0 Å². The summed E-state index contributed by atoms with van der Waals surface area (Å²) in [4.78, 5) is -0.616. The van der Waals surface area contributed by atoms with Gasteiger partial charge >= 0.3 is 10.6 Å². The Hall–Kier alpha value is -8.97. The van der Waals surface area contributed by atoms with E-state index in [0.29, 0.717) is 62.4 Å². The minimum Gasteiger partial charge on any atom is -0.505 e. The van der Waals surface area contributed by atoms with Gasteiger partial charge in [-0.25, -0.2) is 0 Å². The number of aromatic nitrogens is 3. The fourth-order valence-corrected chi connectivity index (χ4v) is 9.33. The lowest BCUT2D eigenvalue weighted by molar-refractivity contribution is 0.416. The zero-order valence-corrected chi connectivity index (χ0v) is 42.4. The normalized spacial score (nSPS) is 12.4. The van der Waals surface area contributed by atoms with E-state index < -0.39 is 50.8 Å².